The highest BCUT2D eigenvalue weighted by atomic mass is 79.9. The van der Waals surface area contributed by atoms with Gasteiger partial charge in [-0.1, -0.05) is 28.1 Å². The Bertz CT molecular complexity index is 366. The zero-order chi connectivity index (χ0) is 11.0. The van der Waals surface area contributed by atoms with Crippen molar-refractivity contribution in [1.82, 2.24) is 4.90 Å². The Labute approximate surface area is 110 Å². The molecule has 2 bridgehead atoms. The number of hydrogen-bond acceptors (Lipinski definition) is 2. The fraction of sp³-hybridized carbons (Fsp3) is 0.538. The van der Waals surface area contributed by atoms with Gasteiger partial charge in [-0.05, 0) is 30.5 Å². The number of nitrogens with zero attached hydrogens (tertiary/aromatic N) is 1. The second kappa shape index (κ2) is 4.71. The van der Waals surface area contributed by atoms with Crippen molar-refractivity contribution in [2.45, 2.75) is 23.3 Å². The lowest BCUT2D eigenvalue weighted by atomic mass is 10.1. The van der Waals surface area contributed by atoms with Crippen molar-refractivity contribution in [2.24, 2.45) is 0 Å². The molecule has 0 amide bonds. The second-order valence-electron chi connectivity index (χ2n) is 4.76. The first-order valence-electron chi connectivity index (χ1n) is 5.92. The molecule has 0 radical (unpaired) electrons. The van der Waals surface area contributed by atoms with Gasteiger partial charge in [0.15, 0.2) is 0 Å². The van der Waals surface area contributed by atoms with Gasteiger partial charge >= 0.3 is 0 Å². The van der Waals surface area contributed by atoms with Crippen molar-refractivity contribution < 1.29 is 0 Å². The fourth-order valence-electron chi connectivity index (χ4n) is 2.60. The molecule has 1 aromatic carbocycles. The van der Waals surface area contributed by atoms with E-state index in [1.165, 1.54) is 42.5 Å². The summed E-state index contributed by atoms with van der Waals surface area (Å²) in [6, 6.07) is 8.68. The molecule has 2 atom stereocenters. The van der Waals surface area contributed by atoms with Gasteiger partial charge in [-0.25, -0.2) is 0 Å². The van der Waals surface area contributed by atoms with E-state index in [-0.39, 0.29) is 0 Å². The lowest BCUT2D eigenvalue weighted by Gasteiger charge is -2.46. The van der Waals surface area contributed by atoms with Crippen molar-refractivity contribution in [2.75, 3.05) is 19.6 Å². The number of halogens is 1. The molecule has 2 unspecified atom stereocenters. The summed E-state index contributed by atoms with van der Waals surface area (Å²) in [7, 11) is 0. The van der Waals surface area contributed by atoms with Crippen LogP contribution in [0.2, 0.25) is 0 Å². The highest BCUT2D eigenvalue weighted by Gasteiger charge is 2.37. The van der Waals surface area contributed by atoms with E-state index in [1.54, 1.807) is 0 Å². The molecule has 3 heteroatoms. The third kappa shape index (κ3) is 2.47. The zero-order valence-corrected chi connectivity index (χ0v) is 11.6. The standard InChI is InChI=1S/C13H16BrNS/c14-11-3-1-2-10(6-11)4-5-15-8-12-7-13(9-15)16-12/h1-3,6,12-13H,4-5,7-9H2. The first-order valence-corrected chi connectivity index (χ1v) is 7.65. The molecule has 3 aliphatic rings. The molecular formula is C13H16BrNS. The highest BCUT2D eigenvalue weighted by molar-refractivity contribution is 9.10. The summed E-state index contributed by atoms with van der Waals surface area (Å²) in [5.74, 6) is 0. The van der Waals surface area contributed by atoms with E-state index < -0.39 is 0 Å². The van der Waals surface area contributed by atoms with Crippen LogP contribution < -0.4 is 0 Å². The van der Waals surface area contributed by atoms with Crippen LogP contribution in [0.5, 0.6) is 0 Å². The number of benzene rings is 1. The van der Waals surface area contributed by atoms with E-state index in [0.717, 1.165) is 10.5 Å². The van der Waals surface area contributed by atoms with Gasteiger partial charge in [0.2, 0.25) is 0 Å². The monoisotopic (exact) mass is 297 g/mol. The summed E-state index contributed by atoms with van der Waals surface area (Å²) >= 11 is 5.72. The maximum atomic E-state index is 3.53. The topological polar surface area (TPSA) is 3.24 Å². The summed E-state index contributed by atoms with van der Waals surface area (Å²) in [5, 5.41) is 1.89. The lowest BCUT2D eigenvalue weighted by molar-refractivity contribution is 0.225. The molecule has 0 aromatic heterocycles. The van der Waals surface area contributed by atoms with Gasteiger partial charge in [0, 0.05) is 34.6 Å². The normalized spacial score (nSPS) is 28.8. The Balaban J connectivity index is 1.52. The fourth-order valence-corrected chi connectivity index (χ4v) is 4.52. The van der Waals surface area contributed by atoms with Gasteiger partial charge in [0.25, 0.3) is 0 Å². The minimum Gasteiger partial charge on any atom is -0.301 e. The molecule has 1 aromatic rings. The Morgan fingerprint density at radius 2 is 2.06 bits per heavy atom. The van der Waals surface area contributed by atoms with Crippen LogP contribution in [0.15, 0.2) is 28.7 Å². The molecular weight excluding hydrogens is 282 g/mol. The summed E-state index contributed by atoms with van der Waals surface area (Å²) in [6.07, 6.45) is 2.65. The molecule has 0 N–H and O–H groups in total. The van der Waals surface area contributed by atoms with Gasteiger partial charge in [0.1, 0.15) is 0 Å². The van der Waals surface area contributed by atoms with Gasteiger partial charge in [-0.3, -0.25) is 0 Å². The third-order valence-corrected chi connectivity index (χ3v) is 5.39. The number of fused-ring (bicyclic) bond motifs is 2. The number of hydrogen-bond donors (Lipinski definition) is 0. The van der Waals surface area contributed by atoms with E-state index in [9.17, 15) is 0 Å². The van der Waals surface area contributed by atoms with Gasteiger partial charge in [-0.15, -0.1) is 0 Å². The van der Waals surface area contributed by atoms with Crippen molar-refractivity contribution >= 4 is 27.7 Å². The summed E-state index contributed by atoms with van der Waals surface area (Å²) < 4.78 is 1.20. The van der Waals surface area contributed by atoms with Crippen LogP contribution in [0.4, 0.5) is 0 Å². The second-order valence-corrected chi connectivity index (χ2v) is 7.28. The van der Waals surface area contributed by atoms with Gasteiger partial charge in [-0.2, -0.15) is 11.8 Å². The number of thioether (sulfide) groups is 1. The predicted molar refractivity (Wildman–Crippen MR) is 74.1 cm³/mol. The quantitative estimate of drug-likeness (QED) is 0.843. The molecule has 1 nitrogen and oxygen atoms in total. The van der Waals surface area contributed by atoms with Gasteiger partial charge < -0.3 is 4.90 Å². The van der Waals surface area contributed by atoms with E-state index >= 15 is 0 Å². The third-order valence-electron chi connectivity index (χ3n) is 3.44. The lowest BCUT2D eigenvalue weighted by Crippen LogP contribution is -2.51. The van der Waals surface area contributed by atoms with Crippen molar-refractivity contribution in [3.8, 4) is 0 Å². The van der Waals surface area contributed by atoms with Crippen LogP contribution in [0, 0.1) is 0 Å². The first-order chi connectivity index (χ1) is 7.79. The molecule has 86 valence electrons. The van der Waals surface area contributed by atoms with Crippen LogP contribution in [-0.4, -0.2) is 35.0 Å². The Kier molecular flexibility index (Phi) is 3.27. The summed E-state index contributed by atoms with van der Waals surface area (Å²) in [4.78, 5) is 2.64. The molecule has 0 saturated carbocycles. The highest BCUT2D eigenvalue weighted by Crippen LogP contribution is 2.41. The van der Waals surface area contributed by atoms with E-state index in [2.05, 4.69) is 56.9 Å². The SMILES string of the molecule is Brc1cccc(CCN2CC3CC(C2)S3)c1. The van der Waals surface area contributed by atoms with Crippen molar-refractivity contribution in [3.05, 3.63) is 34.3 Å². The minimum atomic E-state index is 0.946. The number of rotatable bonds is 3. The van der Waals surface area contributed by atoms with Gasteiger partial charge in [0.05, 0.1) is 0 Å². The van der Waals surface area contributed by atoms with Crippen LogP contribution in [0.1, 0.15) is 12.0 Å². The van der Waals surface area contributed by atoms with Crippen LogP contribution in [0.25, 0.3) is 0 Å². The first kappa shape index (κ1) is 11.1. The molecule has 3 fully saturated rings. The van der Waals surface area contributed by atoms with Crippen molar-refractivity contribution in [1.29, 1.82) is 0 Å². The average Bonchev–Trinajstić information content (AvgIpc) is 2.26. The molecule has 0 aliphatic carbocycles. The van der Waals surface area contributed by atoms with Crippen LogP contribution >= 0.6 is 27.7 Å². The van der Waals surface area contributed by atoms with E-state index in [4.69, 9.17) is 0 Å². The van der Waals surface area contributed by atoms with E-state index in [0.29, 0.717) is 0 Å². The zero-order valence-electron chi connectivity index (χ0n) is 9.23. The maximum Gasteiger partial charge on any atom is 0.0189 e. The van der Waals surface area contributed by atoms with E-state index in [1.807, 2.05) is 0 Å². The molecule has 3 aliphatic heterocycles. The Morgan fingerprint density at radius 1 is 1.31 bits per heavy atom. The Morgan fingerprint density at radius 3 is 2.75 bits per heavy atom. The maximum absolute atomic E-state index is 3.53. The smallest absolute Gasteiger partial charge is 0.0189 e. The minimum absolute atomic E-state index is 0.946. The van der Waals surface area contributed by atoms with Crippen molar-refractivity contribution in [3.63, 3.8) is 0 Å². The average molecular weight is 298 g/mol. The van der Waals surface area contributed by atoms with Crippen LogP contribution in [-0.2, 0) is 6.42 Å². The summed E-state index contributed by atoms with van der Waals surface area (Å²) in [6.45, 7) is 3.86. The molecule has 3 heterocycles. The summed E-state index contributed by atoms with van der Waals surface area (Å²) in [5.41, 5.74) is 1.45. The van der Waals surface area contributed by atoms with Crippen LogP contribution in [0.3, 0.4) is 0 Å². The Hall–Kier alpha value is 0.01000. The molecule has 3 saturated heterocycles. The molecule has 4 rings (SSSR count). The largest absolute Gasteiger partial charge is 0.301 e. The molecule has 16 heavy (non-hydrogen) atoms. The number of piperidine rings is 1. The molecule has 0 spiro atoms. The predicted octanol–water partition coefficient (Wildman–Crippen LogP) is 3.18.